The molecule has 0 saturated heterocycles. The van der Waals surface area contributed by atoms with E-state index in [4.69, 9.17) is 5.73 Å². The van der Waals surface area contributed by atoms with Crippen molar-refractivity contribution in [2.75, 3.05) is 6.54 Å². The van der Waals surface area contributed by atoms with Crippen molar-refractivity contribution in [3.05, 3.63) is 70.8 Å². The molecule has 2 amide bonds. The van der Waals surface area contributed by atoms with Gasteiger partial charge in [0.1, 0.15) is 0 Å². The van der Waals surface area contributed by atoms with Crippen LogP contribution in [0, 0.1) is 13.8 Å². The highest BCUT2D eigenvalue weighted by Crippen LogP contribution is 2.14. The summed E-state index contributed by atoms with van der Waals surface area (Å²) in [4.78, 5) is 25.6. The number of benzene rings is 2. The van der Waals surface area contributed by atoms with Crippen molar-refractivity contribution in [3.63, 3.8) is 0 Å². The van der Waals surface area contributed by atoms with Gasteiger partial charge in [-0.15, -0.1) is 0 Å². The Bertz CT molecular complexity index is 696. The van der Waals surface area contributed by atoms with E-state index >= 15 is 0 Å². The minimum atomic E-state index is -0.407. The van der Waals surface area contributed by atoms with E-state index < -0.39 is 5.91 Å². The lowest BCUT2D eigenvalue weighted by molar-refractivity contribution is -0.118. The topological polar surface area (TPSA) is 63.4 Å². The summed E-state index contributed by atoms with van der Waals surface area (Å²) in [7, 11) is 0. The van der Waals surface area contributed by atoms with Crippen LogP contribution >= 0.6 is 0 Å². The molecular formula is C19H22N2O2. The van der Waals surface area contributed by atoms with E-state index in [1.165, 1.54) is 0 Å². The molecule has 2 aromatic rings. The summed E-state index contributed by atoms with van der Waals surface area (Å²) in [6.07, 6.45) is 0.156. The second-order valence-corrected chi connectivity index (χ2v) is 5.73. The molecule has 0 aliphatic heterocycles. The first-order valence-electron chi connectivity index (χ1n) is 7.66. The average molecular weight is 310 g/mol. The van der Waals surface area contributed by atoms with Gasteiger partial charge in [-0.1, -0.05) is 36.4 Å². The maximum atomic E-state index is 12.8. The van der Waals surface area contributed by atoms with Gasteiger partial charge in [0.15, 0.2) is 0 Å². The van der Waals surface area contributed by atoms with Crippen molar-refractivity contribution in [2.24, 2.45) is 5.73 Å². The van der Waals surface area contributed by atoms with E-state index in [1.807, 2.05) is 62.4 Å². The molecule has 0 heterocycles. The minimum Gasteiger partial charge on any atom is -0.370 e. The summed E-state index contributed by atoms with van der Waals surface area (Å²) in [6.45, 7) is 4.77. The molecule has 23 heavy (non-hydrogen) atoms. The quantitative estimate of drug-likeness (QED) is 0.891. The van der Waals surface area contributed by atoms with Crippen LogP contribution < -0.4 is 5.73 Å². The monoisotopic (exact) mass is 310 g/mol. The fraction of sp³-hybridized carbons (Fsp3) is 0.263. The first kappa shape index (κ1) is 16.7. The lowest BCUT2D eigenvalue weighted by Gasteiger charge is -2.23. The molecule has 0 atom stereocenters. The molecule has 2 rings (SSSR count). The molecule has 4 nitrogen and oxygen atoms in total. The van der Waals surface area contributed by atoms with Crippen molar-refractivity contribution in [3.8, 4) is 0 Å². The number of hydrogen-bond donors (Lipinski definition) is 1. The zero-order valence-corrected chi connectivity index (χ0v) is 13.6. The van der Waals surface area contributed by atoms with Gasteiger partial charge in [-0.05, 0) is 42.7 Å². The summed E-state index contributed by atoms with van der Waals surface area (Å²) >= 11 is 0. The fourth-order valence-corrected chi connectivity index (χ4v) is 2.36. The van der Waals surface area contributed by atoms with Crippen LogP contribution in [-0.4, -0.2) is 23.3 Å². The molecule has 0 saturated carbocycles. The Kier molecular flexibility index (Phi) is 5.52. The van der Waals surface area contributed by atoms with E-state index in [0.717, 1.165) is 16.7 Å². The Morgan fingerprint density at radius 2 is 1.70 bits per heavy atom. The third kappa shape index (κ3) is 4.68. The van der Waals surface area contributed by atoms with Crippen LogP contribution in [0.5, 0.6) is 0 Å². The number of amides is 2. The van der Waals surface area contributed by atoms with Crippen LogP contribution in [0.4, 0.5) is 0 Å². The van der Waals surface area contributed by atoms with Crippen molar-refractivity contribution in [2.45, 2.75) is 26.8 Å². The maximum Gasteiger partial charge on any atom is 0.254 e. The van der Waals surface area contributed by atoms with Gasteiger partial charge in [-0.2, -0.15) is 0 Å². The van der Waals surface area contributed by atoms with Crippen LogP contribution in [0.15, 0.2) is 48.5 Å². The average Bonchev–Trinajstić information content (AvgIpc) is 2.54. The third-order valence-corrected chi connectivity index (χ3v) is 3.89. The molecule has 4 heteroatoms. The zero-order chi connectivity index (χ0) is 16.8. The van der Waals surface area contributed by atoms with Crippen molar-refractivity contribution in [1.82, 2.24) is 4.90 Å². The van der Waals surface area contributed by atoms with Crippen LogP contribution in [0.1, 0.15) is 33.5 Å². The van der Waals surface area contributed by atoms with Gasteiger partial charge >= 0.3 is 0 Å². The largest absolute Gasteiger partial charge is 0.370 e. The number of hydrogen-bond acceptors (Lipinski definition) is 2. The highest BCUT2D eigenvalue weighted by Gasteiger charge is 2.17. The zero-order valence-electron chi connectivity index (χ0n) is 13.6. The molecule has 0 aliphatic rings. The number of nitrogens with zero attached hydrogens (tertiary/aromatic N) is 1. The van der Waals surface area contributed by atoms with E-state index in [-0.39, 0.29) is 12.3 Å². The molecule has 0 spiro atoms. The van der Waals surface area contributed by atoms with E-state index in [1.54, 1.807) is 4.90 Å². The molecule has 120 valence electrons. The number of nitrogens with two attached hydrogens (primary N) is 1. The summed E-state index contributed by atoms with van der Waals surface area (Å²) in [5.74, 6) is -0.492. The van der Waals surface area contributed by atoms with Gasteiger partial charge in [0.05, 0.1) is 0 Å². The molecule has 0 bridgehead atoms. The minimum absolute atomic E-state index is 0.0850. The Morgan fingerprint density at radius 3 is 2.30 bits per heavy atom. The van der Waals surface area contributed by atoms with Crippen molar-refractivity contribution in [1.29, 1.82) is 0 Å². The molecule has 0 fully saturated rings. The summed E-state index contributed by atoms with van der Waals surface area (Å²) in [5.41, 5.74) is 9.12. The van der Waals surface area contributed by atoms with E-state index in [0.29, 0.717) is 18.7 Å². The standard InChI is InChI=1S/C19H22N2O2/c1-14-8-9-17(12-15(14)2)19(23)21(11-10-18(20)22)13-16-6-4-3-5-7-16/h3-9,12H,10-11,13H2,1-2H3,(H2,20,22). The Balaban J connectivity index is 2.22. The van der Waals surface area contributed by atoms with E-state index in [2.05, 4.69) is 0 Å². The molecule has 0 unspecified atom stereocenters. The number of carbonyl (C=O) groups excluding carboxylic acids is 2. The first-order valence-corrected chi connectivity index (χ1v) is 7.66. The van der Waals surface area contributed by atoms with Gasteiger partial charge in [0, 0.05) is 25.1 Å². The lowest BCUT2D eigenvalue weighted by Crippen LogP contribution is -2.33. The smallest absolute Gasteiger partial charge is 0.254 e. The van der Waals surface area contributed by atoms with Crippen LogP contribution in [0.25, 0.3) is 0 Å². The van der Waals surface area contributed by atoms with Crippen LogP contribution in [0.3, 0.4) is 0 Å². The van der Waals surface area contributed by atoms with Crippen LogP contribution in [-0.2, 0) is 11.3 Å². The maximum absolute atomic E-state index is 12.8. The Hall–Kier alpha value is -2.62. The predicted octanol–water partition coefficient (Wildman–Crippen LogP) is 2.82. The number of carbonyl (C=O) groups is 2. The molecule has 0 radical (unpaired) electrons. The number of rotatable bonds is 6. The van der Waals surface area contributed by atoms with E-state index in [9.17, 15) is 9.59 Å². The predicted molar refractivity (Wildman–Crippen MR) is 90.9 cm³/mol. The Labute approximate surface area is 136 Å². The normalized spacial score (nSPS) is 10.3. The summed E-state index contributed by atoms with van der Waals surface area (Å²) < 4.78 is 0. The highest BCUT2D eigenvalue weighted by atomic mass is 16.2. The SMILES string of the molecule is Cc1ccc(C(=O)N(CCC(N)=O)Cc2ccccc2)cc1C. The number of primary amides is 1. The van der Waals surface area contributed by atoms with Gasteiger partial charge < -0.3 is 10.6 Å². The molecular weight excluding hydrogens is 288 g/mol. The fourth-order valence-electron chi connectivity index (χ4n) is 2.36. The first-order chi connectivity index (χ1) is 11.0. The molecule has 0 aromatic heterocycles. The molecule has 2 aromatic carbocycles. The summed E-state index contributed by atoms with van der Waals surface area (Å²) in [5, 5.41) is 0. The van der Waals surface area contributed by atoms with Crippen molar-refractivity contribution >= 4 is 11.8 Å². The molecule has 2 N–H and O–H groups in total. The van der Waals surface area contributed by atoms with Gasteiger partial charge in [0.2, 0.25) is 5.91 Å². The second-order valence-electron chi connectivity index (χ2n) is 5.73. The van der Waals surface area contributed by atoms with Crippen molar-refractivity contribution < 1.29 is 9.59 Å². The molecule has 0 aliphatic carbocycles. The second kappa shape index (κ2) is 7.58. The van der Waals surface area contributed by atoms with Gasteiger partial charge in [0.25, 0.3) is 5.91 Å². The highest BCUT2D eigenvalue weighted by molar-refractivity contribution is 5.94. The number of aryl methyl sites for hydroxylation is 2. The Morgan fingerprint density at radius 1 is 1.00 bits per heavy atom. The van der Waals surface area contributed by atoms with Gasteiger partial charge in [-0.3, -0.25) is 9.59 Å². The summed E-state index contributed by atoms with van der Waals surface area (Å²) in [6, 6.07) is 15.4. The van der Waals surface area contributed by atoms with Gasteiger partial charge in [-0.25, -0.2) is 0 Å². The third-order valence-electron chi connectivity index (χ3n) is 3.89. The lowest BCUT2D eigenvalue weighted by atomic mass is 10.1. The van der Waals surface area contributed by atoms with Crippen LogP contribution in [0.2, 0.25) is 0 Å².